The van der Waals surface area contributed by atoms with Crippen LogP contribution >= 0.6 is 0 Å². The van der Waals surface area contributed by atoms with E-state index >= 15 is 0 Å². The zero-order valence-corrected chi connectivity index (χ0v) is 13.6. The molecule has 138 valence electrons. The van der Waals surface area contributed by atoms with Crippen LogP contribution in [0.2, 0.25) is 0 Å². The van der Waals surface area contributed by atoms with Gasteiger partial charge in [0.1, 0.15) is 18.5 Å². The highest BCUT2D eigenvalue weighted by molar-refractivity contribution is 5.77. The summed E-state index contributed by atoms with van der Waals surface area (Å²) in [5.41, 5.74) is -0.832. The molecule has 3 rings (SSSR count). The van der Waals surface area contributed by atoms with E-state index in [0.717, 1.165) is 12.1 Å². The largest absolute Gasteiger partial charge is 0.486 e. The number of carbonyl (C=O) groups is 1. The molecule has 5 nitrogen and oxygen atoms in total. The Labute approximate surface area is 147 Å². The van der Waals surface area contributed by atoms with E-state index in [4.69, 9.17) is 14.2 Å². The van der Waals surface area contributed by atoms with Crippen LogP contribution in [0.5, 0.6) is 17.2 Å². The fourth-order valence-electron chi connectivity index (χ4n) is 2.35. The van der Waals surface area contributed by atoms with E-state index in [0.29, 0.717) is 11.5 Å². The number of fused-ring (bicyclic) bond motifs is 1. The second-order valence-corrected chi connectivity index (χ2v) is 5.62. The van der Waals surface area contributed by atoms with Gasteiger partial charge < -0.3 is 19.5 Å². The zero-order chi connectivity index (χ0) is 18.6. The van der Waals surface area contributed by atoms with Crippen molar-refractivity contribution in [3.05, 3.63) is 54.1 Å². The lowest BCUT2D eigenvalue weighted by atomic mass is 10.2. The standard InChI is InChI=1S/C18H16F3NO4/c19-18(20,21)12-4-3-5-13(8-12)24-11-17(23)22-9-14-10-25-15-6-1-2-7-16(15)26-14/h1-8,14H,9-11H2,(H,22,23)/t14-/m0/s1. The van der Waals surface area contributed by atoms with Gasteiger partial charge in [-0.3, -0.25) is 4.79 Å². The molecular formula is C18H16F3NO4. The number of hydrogen-bond donors (Lipinski definition) is 1. The Morgan fingerprint density at radius 2 is 1.92 bits per heavy atom. The summed E-state index contributed by atoms with van der Waals surface area (Å²) in [5, 5.41) is 2.61. The van der Waals surface area contributed by atoms with E-state index in [-0.39, 0.29) is 25.0 Å². The number of para-hydroxylation sites is 2. The summed E-state index contributed by atoms with van der Waals surface area (Å²) in [6.07, 6.45) is -4.82. The van der Waals surface area contributed by atoms with Crippen LogP contribution in [0.4, 0.5) is 13.2 Å². The van der Waals surface area contributed by atoms with Crippen LogP contribution in [0, 0.1) is 0 Å². The molecule has 1 aliphatic rings. The van der Waals surface area contributed by atoms with Gasteiger partial charge in [-0.25, -0.2) is 0 Å². The third-order valence-electron chi connectivity index (χ3n) is 3.63. The van der Waals surface area contributed by atoms with Crippen molar-refractivity contribution in [2.24, 2.45) is 0 Å². The van der Waals surface area contributed by atoms with Crippen molar-refractivity contribution in [2.45, 2.75) is 12.3 Å². The van der Waals surface area contributed by atoms with Crippen molar-refractivity contribution in [3.8, 4) is 17.2 Å². The molecule has 26 heavy (non-hydrogen) atoms. The van der Waals surface area contributed by atoms with Crippen molar-refractivity contribution < 1.29 is 32.2 Å². The average molecular weight is 367 g/mol. The van der Waals surface area contributed by atoms with Gasteiger partial charge in [0.05, 0.1) is 12.1 Å². The molecule has 0 spiro atoms. The number of nitrogens with one attached hydrogen (secondary N) is 1. The Morgan fingerprint density at radius 1 is 1.15 bits per heavy atom. The van der Waals surface area contributed by atoms with Crippen LogP contribution < -0.4 is 19.5 Å². The Morgan fingerprint density at radius 3 is 2.69 bits per heavy atom. The number of amides is 1. The highest BCUT2D eigenvalue weighted by Gasteiger charge is 2.30. The van der Waals surface area contributed by atoms with E-state index in [1.807, 2.05) is 12.1 Å². The van der Waals surface area contributed by atoms with Gasteiger partial charge in [0.25, 0.3) is 5.91 Å². The zero-order valence-electron chi connectivity index (χ0n) is 13.6. The van der Waals surface area contributed by atoms with Crippen LogP contribution in [0.25, 0.3) is 0 Å². The molecule has 2 aromatic carbocycles. The van der Waals surface area contributed by atoms with Gasteiger partial charge in [-0.15, -0.1) is 0 Å². The molecular weight excluding hydrogens is 351 g/mol. The summed E-state index contributed by atoms with van der Waals surface area (Å²) in [5.74, 6) is 0.743. The first kappa shape index (κ1) is 17.9. The Balaban J connectivity index is 1.45. The molecule has 8 heteroatoms. The maximum Gasteiger partial charge on any atom is 0.416 e. The summed E-state index contributed by atoms with van der Waals surface area (Å²) in [7, 11) is 0. The van der Waals surface area contributed by atoms with Gasteiger partial charge in [0, 0.05) is 0 Å². The molecule has 1 heterocycles. The minimum Gasteiger partial charge on any atom is -0.486 e. The lowest BCUT2D eigenvalue weighted by molar-refractivity contribution is -0.137. The maximum absolute atomic E-state index is 12.6. The van der Waals surface area contributed by atoms with E-state index in [1.165, 1.54) is 12.1 Å². The normalized spacial score (nSPS) is 16.0. The summed E-state index contributed by atoms with van der Waals surface area (Å²) in [4.78, 5) is 11.8. The summed E-state index contributed by atoms with van der Waals surface area (Å²) in [6, 6.07) is 11.6. The fraction of sp³-hybridized carbons (Fsp3) is 0.278. The molecule has 0 bridgehead atoms. The van der Waals surface area contributed by atoms with Crippen molar-refractivity contribution in [2.75, 3.05) is 19.8 Å². The molecule has 1 N–H and O–H groups in total. The quantitative estimate of drug-likeness (QED) is 0.883. The van der Waals surface area contributed by atoms with Crippen molar-refractivity contribution in [1.82, 2.24) is 5.32 Å². The molecule has 0 aromatic heterocycles. The minimum absolute atomic E-state index is 0.0267. The molecule has 2 aromatic rings. The SMILES string of the molecule is O=C(COc1cccc(C(F)(F)F)c1)NC[C@H]1COc2ccccc2O1. The minimum atomic E-state index is -4.46. The second kappa shape index (κ2) is 7.55. The van der Waals surface area contributed by atoms with E-state index < -0.39 is 24.3 Å². The number of ether oxygens (including phenoxy) is 3. The van der Waals surface area contributed by atoms with Crippen molar-refractivity contribution in [1.29, 1.82) is 0 Å². The number of alkyl halides is 3. The fourth-order valence-corrected chi connectivity index (χ4v) is 2.35. The lowest BCUT2D eigenvalue weighted by Crippen LogP contribution is -2.42. The first-order valence-corrected chi connectivity index (χ1v) is 7.87. The topological polar surface area (TPSA) is 56.8 Å². The molecule has 0 radical (unpaired) electrons. The molecule has 0 saturated heterocycles. The molecule has 1 amide bonds. The van der Waals surface area contributed by atoms with Gasteiger partial charge in [-0.2, -0.15) is 13.2 Å². The van der Waals surface area contributed by atoms with Crippen molar-refractivity contribution >= 4 is 5.91 Å². The summed E-state index contributed by atoms with van der Waals surface area (Å²) in [6.45, 7) is 0.0797. The Hall–Kier alpha value is -2.90. The van der Waals surface area contributed by atoms with Crippen LogP contribution in [0.3, 0.4) is 0 Å². The van der Waals surface area contributed by atoms with Crippen LogP contribution in [0.15, 0.2) is 48.5 Å². The molecule has 0 unspecified atom stereocenters. The smallest absolute Gasteiger partial charge is 0.416 e. The Bertz CT molecular complexity index is 779. The molecule has 1 aliphatic heterocycles. The highest BCUT2D eigenvalue weighted by Crippen LogP contribution is 2.31. The number of rotatable bonds is 5. The van der Waals surface area contributed by atoms with Gasteiger partial charge >= 0.3 is 6.18 Å². The molecule has 0 saturated carbocycles. The predicted octanol–water partition coefficient (Wildman–Crippen LogP) is 3.04. The summed E-state index contributed by atoms with van der Waals surface area (Å²) >= 11 is 0. The number of halogens is 3. The molecule has 0 fully saturated rings. The highest BCUT2D eigenvalue weighted by atomic mass is 19.4. The monoisotopic (exact) mass is 367 g/mol. The van der Waals surface area contributed by atoms with Gasteiger partial charge in [-0.1, -0.05) is 18.2 Å². The maximum atomic E-state index is 12.6. The van der Waals surface area contributed by atoms with Crippen LogP contribution in [-0.2, 0) is 11.0 Å². The van der Waals surface area contributed by atoms with Gasteiger partial charge in [0.15, 0.2) is 18.1 Å². The van der Waals surface area contributed by atoms with Crippen LogP contribution in [-0.4, -0.2) is 31.8 Å². The van der Waals surface area contributed by atoms with E-state index in [9.17, 15) is 18.0 Å². The van der Waals surface area contributed by atoms with E-state index in [1.54, 1.807) is 12.1 Å². The number of carbonyl (C=O) groups excluding carboxylic acids is 1. The molecule has 1 atom stereocenters. The molecule has 0 aliphatic carbocycles. The third-order valence-corrected chi connectivity index (χ3v) is 3.63. The average Bonchev–Trinajstić information content (AvgIpc) is 2.64. The van der Waals surface area contributed by atoms with E-state index in [2.05, 4.69) is 5.32 Å². The van der Waals surface area contributed by atoms with Gasteiger partial charge in [0.2, 0.25) is 0 Å². The Kier molecular flexibility index (Phi) is 5.20. The predicted molar refractivity (Wildman–Crippen MR) is 86.3 cm³/mol. The second-order valence-electron chi connectivity index (χ2n) is 5.62. The first-order chi connectivity index (χ1) is 12.4. The summed E-state index contributed by atoms with van der Waals surface area (Å²) < 4.78 is 54.3. The van der Waals surface area contributed by atoms with Gasteiger partial charge in [-0.05, 0) is 30.3 Å². The van der Waals surface area contributed by atoms with Crippen LogP contribution in [0.1, 0.15) is 5.56 Å². The number of benzene rings is 2. The number of hydrogen-bond acceptors (Lipinski definition) is 4. The van der Waals surface area contributed by atoms with Crippen molar-refractivity contribution in [3.63, 3.8) is 0 Å². The third kappa shape index (κ3) is 4.59. The lowest BCUT2D eigenvalue weighted by Gasteiger charge is -2.26. The first-order valence-electron chi connectivity index (χ1n) is 7.87.